The second-order valence-electron chi connectivity index (χ2n) is 12.6. The SMILES string of the molecule is C=CCC1[C@H](OCc2ccccc2)[C@@H](OCc2ccccc2)[C@H](OCc2ccccc2)[C@H](COCc2ccccc2)N1Cc1ccccc1. The highest BCUT2D eigenvalue weighted by atomic mass is 16.6. The molecule has 0 aromatic heterocycles. The first-order valence-electron chi connectivity index (χ1n) is 17.3. The van der Waals surface area contributed by atoms with Crippen LogP contribution in [0.4, 0.5) is 0 Å². The fourth-order valence-corrected chi connectivity index (χ4v) is 6.68. The molecule has 49 heavy (non-hydrogen) atoms. The normalized spacial score (nSPS) is 20.9. The lowest BCUT2D eigenvalue weighted by atomic mass is 9.85. The summed E-state index contributed by atoms with van der Waals surface area (Å²) in [5.41, 5.74) is 5.69. The summed E-state index contributed by atoms with van der Waals surface area (Å²) in [5.74, 6) is 0. The van der Waals surface area contributed by atoms with Gasteiger partial charge in [-0.3, -0.25) is 4.90 Å². The summed E-state index contributed by atoms with van der Waals surface area (Å²) in [4.78, 5) is 2.52. The summed E-state index contributed by atoms with van der Waals surface area (Å²) < 4.78 is 27.5. The van der Waals surface area contributed by atoms with Gasteiger partial charge in [-0.2, -0.15) is 0 Å². The highest BCUT2D eigenvalue weighted by molar-refractivity contribution is 5.19. The minimum atomic E-state index is -0.380. The first-order valence-corrected chi connectivity index (χ1v) is 17.3. The van der Waals surface area contributed by atoms with E-state index in [9.17, 15) is 0 Å². The molecule has 6 rings (SSSR count). The van der Waals surface area contributed by atoms with Gasteiger partial charge in [-0.25, -0.2) is 0 Å². The van der Waals surface area contributed by atoms with Gasteiger partial charge in [-0.05, 0) is 34.2 Å². The third-order valence-corrected chi connectivity index (χ3v) is 9.13. The van der Waals surface area contributed by atoms with Gasteiger partial charge in [0.05, 0.1) is 39.1 Å². The second kappa shape index (κ2) is 18.4. The van der Waals surface area contributed by atoms with Crippen molar-refractivity contribution in [2.75, 3.05) is 6.61 Å². The standard InChI is InChI=1S/C44H47NO4/c1-2-18-40-42(47-31-37-23-12-5-13-24-37)44(49-33-39-27-16-7-17-28-39)43(48-32-38-25-14-6-15-26-38)41(34-46-30-36-21-10-4-11-22-36)45(40)29-35-19-8-3-9-20-35/h2-17,19-28,40-44H,1,18,29-34H2/t40?,41-,42-,43+,44+/m0/s1. The Kier molecular flexibility index (Phi) is 13.0. The molecule has 0 radical (unpaired) electrons. The maximum atomic E-state index is 7.01. The van der Waals surface area contributed by atoms with Gasteiger partial charge in [-0.15, -0.1) is 6.58 Å². The van der Waals surface area contributed by atoms with Crippen LogP contribution < -0.4 is 0 Å². The lowest BCUT2D eigenvalue weighted by Gasteiger charge is -2.53. The van der Waals surface area contributed by atoms with Crippen molar-refractivity contribution in [3.8, 4) is 0 Å². The van der Waals surface area contributed by atoms with Gasteiger partial charge in [-0.1, -0.05) is 158 Å². The van der Waals surface area contributed by atoms with E-state index in [2.05, 4.69) is 139 Å². The van der Waals surface area contributed by atoms with Crippen LogP contribution in [0.25, 0.3) is 0 Å². The summed E-state index contributed by atoms with van der Waals surface area (Å²) in [5, 5.41) is 0. The van der Waals surface area contributed by atoms with Crippen molar-refractivity contribution < 1.29 is 18.9 Å². The molecule has 1 aliphatic rings. The molecule has 0 N–H and O–H groups in total. The minimum absolute atomic E-state index is 0.0379. The van der Waals surface area contributed by atoms with E-state index in [1.165, 1.54) is 5.56 Å². The number of rotatable bonds is 17. The van der Waals surface area contributed by atoms with Crippen molar-refractivity contribution in [3.05, 3.63) is 192 Å². The third kappa shape index (κ3) is 9.85. The largest absolute Gasteiger partial charge is 0.375 e. The van der Waals surface area contributed by atoms with Gasteiger partial charge in [0.2, 0.25) is 0 Å². The zero-order valence-electron chi connectivity index (χ0n) is 28.1. The molecule has 1 saturated heterocycles. The number of likely N-dealkylation sites (tertiary alicyclic amines) is 1. The van der Waals surface area contributed by atoms with E-state index >= 15 is 0 Å². The summed E-state index contributed by atoms with van der Waals surface area (Å²) in [7, 11) is 0. The van der Waals surface area contributed by atoms with E-state index in [4.69, 9.17) is 18.9 Å². The van der Waals surface area contributed by atoms with Crippen molar-refractivity contribution in [3.63, 3.8) is 0 Å². The van der Waals surface area contributed by atoms with Crippen molar-refractivity contribution in [2.45, 2.75) is 69.8 Å². The molecule has 5 heteroatoms. The Morgan fingerprint density at radius 3 is 1.24 bits per heavy atom. The van der Waals surface area contributed by atoms with Gasteiger partial charge in [0.15, 0.2) is 0 Å². The van der Waals surface area contributed by atoms with Gasteiger partial charge in [0.25, 0.3) is 0 Å². The van der Waals surface area contributed by atoms with Crippen molar-refractivity contribution in [1.29, 1.82) is 0 Å². The number of ether oxygens (including phenoxy) is 4. The second-order valence-corrected chi connectivity index (χ2v) is 12.6. The molecule has 1 aliphatic heterocycles. The summed E-state index contributed by atoms with van der Waals surface area (Å²) >= 11 is 0. The van der Waals surface area contributed by atoms with E-state index in [0.29, 0.717) is 39.6 Å². The predicted molar refractivity (Wildman–Crippen MR) is 196 cm³/mol. The van der Waals surface area contributed by atoms with E-state index < -0.39 is 0 Å². The molecule has 0 bridgehead atoms. The van der Waals surface area contributed by atoms with Crippen molar-refractivity contribution >= 4 is 0 Å². The molecule has 1 fully saturated rings. The molecule has 5 aromatic rings. The first kappa shape index (κ1) is 34.5. The fourth-order valence-electron chi connectivity index (χ4n) is 6.68. The lowest BCUT2D eigenvalue weighted by molar-refractivity contribution is -0.230. The Balaban J connectivity index is 1.39. The average Bonchev–Trinajstić information content (AvgIpc) is 3.16. The summed E-state index contributed by atoms with van der Waals surface area (Å²) in [6.07, 6.45) is 1.68. The minimum Gasteiger partial charge on any atom is -0.375 e. The van der Waals surface area contributed by atoms with Crippen molar-refractivity contribution in [1.82, 2.24) is 4.90 Å². The molecular formula is C44H47NO4. The summed E-state index contributed by atoms with van der Waals surface area (Å²) in [6, 6.07) is 51.8. The highest BCUT2D eigenvalue weighted by Crippen LogP contribution is 2.36. The molecule has 0 saturated carbocycles. The number of piperidine rings is 1. The highest BCUT2D eigenvalue weighted by Gasteiger charge is 2.51. The maximum absolute atomic E-state index is 7.01. The zero-order chi connectivity index (χ0) is 33.5. The Labute approximate surface area is 291 Å². The monoisotopic (exact) mass is 653 g/mol. The molecule has 5 atom stereocenters. The molecular weight excluding hydrogens is 606 g/mol. The Bertz CT molecular complexity index is 1630. The first-order chi connectivity index (χ1) is 24.3. The van der Waals surface area contributed by atoms with Crippen LogP contribution in [0.1, 0.15) is 34.2 Å². The van der Waals surface area contributed by atoms with Crippen LogP contribution in [0, 0.1) is 0 Å². The molecule has 0 spiro atoms. The molecule has 1 unspecified atom stereocenters. The molecule has 1 heterocycles. The average molecular weight is 654 g/mol. The molecule has 5 aromatic carbocycles. The Morgan fingerprint density at radius 1 is 0.449 bits per heavy atom. The van der Waals surface area contributed by atoms with Crippen LogP contribution in [-0.2, 0) is 51.9 Å². The zero-order valence-corrected chi connectivity index (χ0v) is 28.1. The van der Waals surface area contributed by atoms with Crippen molar-refractivity contribution in [2.24, 2.45) is 0 Å². The van der Waals surface area contributed by atoms with E-state index in [1.807, 2.05) is 30.3 Å². The van der Waals surface area contributed by atoms with E-state index in [0.717, 1.165) is 28.7 Å². The van der Waals surface area contributed by atoms with Crippen LogP contribution in [0.15, 0.2) is 164 Å². The fraction of sp³-hybridized carbons (Fsp3) is 0.273. The van der Waals surface area contributed by atoms with Gasteiger partial charge < -0.3 is 18.9 Å². The smallest absolute Gasteiger partial charge is 0.113 e. The maximum Gasteiger partial charge on any atom is 0.113 e. The topological polar surface area (TPSA) is 40.2 Å². The van der Waals surface area contributed by atoms with Crippen LogP contribution in [0.3, 0.4) is 0 Å². The molecule has 5 nitrogen and oxygen atoms in total. The van der Waals surface area contributed by atoms with Gasteiger partial charge in [0, 0.05) is 12.6 Å². The predicted octanol–water partition coefficient (Wildman–Crippen LogP) is 8.79. The van der Waals surface area contributed by atoms with Gasteiger partial charge in [0.1, 0.15) is 18.3 Å². The number of hydrogen-bond acceptors (Lipinski definition) is 5. The van der Waals surface area contributed by atoms with Crippen LogP contribution in [0.2, 0.25) is 0 Å². The summed E-state index contributed by atoms with van der Waals surface area (Å²) in [6.45, 7) is 7.24. The lowest BCUT2D eigenvalue weighted by Crippen LogP contribution is -2.68. The molecule has 252 valence electrons. The van der Waals surface area contributed by atoms with E-state index in [-0.39, 0.29) is 30.4 Å². The Hall–Kier alpha value is -4.36. The molecule has 0 aliphatic carbocycles. The number of nitrogens with zero attached hydrogens (tertiary/aromatic N) is 1. The quantitative estimate of drug-likeness (QED) is 0.0939. The third-order valence-electron chi connectivity index (χ3n) is 9.13. The van der Waals surface area contributed by atoms with Crippen LogP contribution in [-0.4, -0.2) is 41.9 Å². The van der Waals surface area contributed by atoms with Gasteiger partial charge >= 0.3 is 0 Å². The van der Waals surface area contributed by atoms with Crippen LogP contribution in [0.5, 0.6) is 0 Å². The van der Waals surface area contributed by atoms with Crippen LogP contribution >= 0.6 is 0 Å². The number of hydrogen-bond donors (Lipinski definition) is 0. The Morgan fingerprint density at radius 2 is 0.816 bits per heavy atom. The molecule has 0 amide bonds. The van der Waals surface area contributed by atoms with E-state index in [1.54, 1.807) is 0 Å². The number of benzene rings is 5.